The lowest BCUT2D eigenvalue weighted by Gasteiger charge is -2.36. The van der Waals surface area contributed by atoms with Gasteiger partial charge in [0.1, 0.15) is 6.54 Å². The molecule has 1 aliphatic heterocycles. The van der Waals surface area contributed by atoms with Crippen LogP contribution in [0.5, 0.6) is 0 Å². The van der Waals surface area contributed by atoms with Crippen LogP contribution >= 0.6 is 0 Å². The van der Waals surface area contributed by atoms with Gasteiger partial charge < -0.3 is 19.1 Å². The molecule has 136 valence electrons. The average molecular weight is 355 g/mol. The predicted octanol–water partition coefficient (Wildman–Crippen LogP) is 0.740. The van der Waals surface area contributed by atoms with Gasteiger partial charge in [-0.25, -0.2) is 0 Å². The molecule has 2 heterocycles. The zero-order valence-corrected chi connectivity index (χ0v) is 14.4. The van der Waals surface area contributed by atoms with E-state index < -0.39 is 5.97 Å². The number of piperazine rings is 1. The Hall–Kier alpha value is -3.09. The van der Waals surface area contributed by atoms with Crippen LogP contribution in [0.3, 0.4) is 0 Å². The molecule has 0 atom stereocenters. The standard InChI is InChI=1S/C19H21N3O4/c23-17-8-4-5-9-22(17)14-19(25)26-15-18(24)21-12-10-20(11-13-21)16-6-2-1-3-7-16/h1-9H,10-15H2. The first kappa shape index (κ1) is 17.7. The van der Waals surface area contributed by atoms with Gasteiger partial charge in [-0.1, -0.05) is 24.3 Å². The van der Waals surface area contributed by atoms with Crippen molar-refractivity contribution >= 4 is 17.6 Å². The molecule has 7 nitrogen and oxygen atoms in total. The number of amides is 1. The molecule has 1 amide bonds. The number of hydrogen-bond donors (Lipinski definition) is 0. The van der Waals surface area contributed by atoms with Gasteiger partial charge >= 0.3 is 5.97 Å². The van der Waals surface area contributed by atoms with Crippen LogP contribution in [0.15, 0.2) is 59.5 Å². The van der Waals surface area contributed by atoms with E-state index in [1.54, 1.807) is 17.0 Å². The van der Waals surface area contributed by atoms with Gasteiger partial charge in [0.05, 0.1) is 0 Å². The van der Waals surface area contributed by atoms with Crippen LogP contribution < -0.4 is 10.5 Å². The van der Waals surface area contributed by atoms with Gasteiger partial charge in [-0.05, 0) is 18.2 Å². The average Bonchev–Trinajstić information content (AvgIpc) is 2.69. The fraction of sp³-hybridized carbons (Fsp3) is 0.316. The number of para-hydroxylation sites is 1. The third-order valence-corrected chi connectivity index (χ3v) is 4.31. The first-order chi connectivity index (χ1) is 12.6. The fourth-order valence-corrected chi connectivity index (χ4v) is 2.86. The van der Waals surface area contributed by atoms with E-state index in [-0.39, 0.29) is 24.6 Å². The monoisotopic (exact) mass is 355 g/mol. The molecular formula is C19H21N3O4. The van der Waals surface area contributed by atoms with Gasteiger partial charge in [-0.15, -0.1) is 0 Å². The number of carbonyl (C=O) groups excluding carboxylic acids is 2. The van der Waals surface area contributed by atoms with Crippen LogP contribution in [0.2, 0.25) is 0 Å². The molecular weight excluding hydrogens is 334 g/mol. The predicted molar refractivity (Wildman–Crippen MR) is 96.9 cm³/mol. The Kier molecular flexibility index (Phi) is 5.68. The summed E-state index contributed by atoms with van der Waals surface area (Å²) in [6, 6.07) is 14.7. The molecule has 1 fully saturated rings. The number of esters is 1. The Morgan fingerprint density at radius 1 is 0.923 bits per heavy atom. The van der Waals surface area contributed by atoms with Crippen molar-refractivity contribution in [3.8, 4) is 0 Å². The van der Waals surface area contributed by atoms with E-state index in [2.05, 4.69) is 4.90 Å². The summed E-state index contributed by atoms with van der Waals surface area (Å²) in [5.74, 6) is -0.818. The Balaban J connectivity index is 1.44. The van der Waals surface area contributed by atoms with Crippen molar-refractivity contribution in [1.82, 2.24) is 9.47 Å². The molecule has 0 saturated carbocycles. The molecule has 1 aromatic carbocycles. The van der Waals surface area contributed by atoms with Crippen LogP contribution in [-0.4, -0.2) is 54.1 Å². The van der Waals surface area contributed by atoms with Crippen molar-refractivity contribution < 1.29 is 14.3 Å². The number of pyridine rings is 1. The van der Waals surface area contributed by atoms with Crippen LogP contribution in [0.1, 0.15) is 0 Å². The molecule has 0 unspecified atom stereocenters. The van der Waals surface area contributed by atoms with Gasteiger partial charge in [0.15, 0.2) is 6.61 Å². The van der Waals surface area contributed by atoms with Gasteiger partial charge in [0, 0.05) is 44.1 Å². The molecule has 1 saturated heterocycles. The maximum absolute atomic E-state index is 12.2. The van der Waals surface area contributed by atoms with E-state index >= 15 is 0 Å². The summed E-state index contributed by atoms with van der Waals surface area (Å²) in [5, 5.41) is 0. The minimum Gasteiger partial charge on any atom is -0.454 e. The van der Waals surface area contributed by atoms with E-state index in [1.165, 1.54) is 16.8 Å². The number of hydrogen-bond acceptors (Lipinski definition) is 5. The highest BCUT2D eigenvalue weighted by molar-refractivity contribution is 5.80. The summed E-state index contributed by atoms with van der Waals surface area (Å²) in [4.78, 5) is 39.5. The normalized spacial score (nSPS) is 14.2. The molecule has 26 heavy (non-hydrogen) atoms. The van der Waals surface area contributed by atoms with Crippen molar-refractivity contribution in [2.75, 3.05) is 37.7 Å². The van der Waals surface area contributed by atoms with Gasteiger partial charge in [-0.3, -0.25) is 14.4 Å². The summed E-state index contributed by atoms with van der Waals surface area (Å²) >= 11 is 0. The number of benzene rings is 1. The highest BCUT2D eigenvalue weighted by atomic mass is 16.5. The van der Waals surface area contributed by atoms with Crippen LogP contribution in [0, 0.1) is 0 Å². The minimum atomic E-state index is -0.602. The first-order valence-electron chi connectivity index (χ1n) is 8.52. The van der Waals surface area contributed by atoms with Crippen molar-refractivity contribution in [1.29, 1.82) is 0 Å². The van der Waals surface area contributed by atoms with Crippen molar-refractivity contribution in [2.24, 2.45) is 0 Å². The van der Waals surface area contributed by atoms with Crippen molar-refractivity contribution in [2.45, 2.75) is 6.54 Å². The van der Waals surface area contributed by atoms with E-state index in [4.69, 9.17) is 4.74 Å². The number of ether oxygens (including phenoxy) is 1. The summed E-state index contributed by atoms with van der Waals surface area (Å²) in [6.45, 7) is 2.15. The Bertz CT molecular complexity index is 811. The van der Waals surface area contributed by atoms with Gasteiger partial charge in [0.2, 0.25) is 0 Å². The second kappa shape index (κ2) is 8.33. The molecule has 1 aliphatic rings. The van der Waals surface area contributed by atoms with E-state index in [0.29, 0.717) is 13.1 Å². The third-order valence-electron chi connectivity index (χ3n) is 4.31. The first-order valence-corrected chi connectivity index (χ1v) is 8.52. The Labute approximate surface area is 151 Å². The minimum absolute atomic E-state index is 0.200. The zero-order chi connectivity index (χ0) is 18.4. The number of rotatable bonds is 5. The third kappa shape index (κ3) is 4.50. The molecule has 7 heteroatoms. The number of aromatic nitrogens is 1. The highest BCUT2D eigenvalue weighted by Crippen LogP contribution is 2.15. The van der Waals surface area contributed by atoms with Crippen LogP contribution in [-0.2, 0) is 20.9 Å². The lowest BCUT2D eigenvalue weighted by Crippen LogP contribution is -2.50. The van der Waals surface area contributed by atoms with Crippen LogP contribution in [0.25, 0.3) is 0 Å². The maximum atomic E-state index is 12.2. The topological polar surface area (TPSA) is 71.8 Å². The molecule has 0 N–H and O–H groups in total. The number of nitrogens with zero attached hydrogens (tertiary/aromatic N) is 3. The zero-order valence-electron chi connectivity index (χ0n) is 14.4. The van der Waals surface area contributed by atoms with E-state index in [9.17, 15) is 14.4 Å². The molecule has 0 bridgehead atoms. The number of carbonyl (C=O) groups is 2. The Morgan fingerprint density at radius 2 is 1.62 bits per heavy atom. The maximum Gasteiger partial charge on any atom is 0.326 e. The smallest absolute Gasteiger partial charge is 0.326 e. The number of anilines is 1. The summed E-state index contributed by atoms with van der Waals surface area (Å²) in [5.41, 5.74) is 0.854. The SMILES string of the molecule is O=C(Cn1ccccc1=O)OCC(=O)N1CCN(c2ccccc2)CC1. The second-order valence-electron chi connectivity index (χ2n) is 6.03. The van der Waals surface area contributed by atoms with Crippen molar-refractivity contribution in [3.05, 3.63) is 65.1 Å². The quantitative estimate of drug-likeness (QED) is 0.740. The molecule has 1 aromatic heterocycles. The molecule has 3 rings (SSSR count). The lowest BCUT2D eigenvalue weighted by molar-refractivity contribution is -0.152. The van der Waals surface area contributed by atoms with Crippen molar-refractivity contribution in [3.63, 3.8) is 0 Å². The molecule has 2 aromatic rings. The largest absolute Gasteiger partial charge is 0.454 e. The lowest BCUT2D eigenvalue weighted by atomic mass is 10.2. The van der Waals surface area contributed by atoms with Gasteiger partial charge in [0.25, 0.3) is 11.5 Å². The molecule has 0 radical (unpaired) electrons. The Morgan fingerprint density at radius 3 is 2.31 bits per heavy atom. The van der Waals surface area contributed by atoms with E-state index in [0.717, 1.165) is 18.8 Å². The molecule has 0 spiro atoms. The van der Waals surface area contributed by atoms with Crippen LogP contribution in [0.4, 0.5) is 5.69 Å². The molecule has 0 aliphatic carbocycles. The second-order valence-corrected chi connectivity index (χ2v) is 6.03. The summed E-state index contributed by atoms with van der Waals surface area (Å²) in [6.07, 6.45) is 1.51. The summed E-state index contributed by atoms with van der Waals surface area (Å²) in [7, 11) is 0. The summed E-state index contributed by atoms with van der Waals surface area (Å²) < 4.78 is 6.27. The van der Waals surface area contributed by atoms with Gasteiger partial charge in [-0.2, -0.15) is 0 Å². The fourth-order valence-electron chi connectivity index (χ4n) is 2.86. The van der Waals surface area contributed by atoms with E-state index in [1.807, 2.05) is 30.3 Å². The highest BCUT2D eigenvalue weighted by Gasteiger charge is 2.22.